The van der Waals surface area contributed by atoms with E-state index < -0.39 is 0 Å². The van der Waals surface area contributed by atoms with Crippen molar-refractivity contribution in [1.29, 1.82) is 5.26 Å². The molecule has 0 amide bonds. The summed E-state index contributed by atoms with van der Waals surface area (Å²) in [5, 5.41) is 12.5. The van der Waals surface area contributed by atoms with Crippen LogP contribution in [0.1, 0.15) is 44.7 Å². The van der Waals surface area contributed by atoms with Gasteiger partial charge in [0.15, 0.2) is 0 Å². The van der Waals surface area contributed by atoms with Crippen LogP contribution in [0.25, 0.3) is 0 Å². The number of rotatable bonds is 5. The number of nitriles is 1. The van der Waals surface area contributed by atoms with E-state index in [1.807, 2.05) is 25.1 Å². The highest BCUT2D eigenvalue weighted by Gasteiger charge is 2.09. The number of hydrogen-bond acceptors (Lipinski definition) is 2. The summed E-state index contributed by atoms with van der Waals surface area (Å²) in [6.07, 6.45) is 2.33. The van der Waals surface area contributed by atoms with Gasteiger partial charge in [0, 0.05) is 6.04 Å². The molecule has 2 atom stereocenters. The zero-order valence-electron chi connectivity index (χ0n) is 11.2. The molecule has 0 aliphatic heterocycles. The fourth-order valence-electron chi connectivity index (χ4n) is 1.97. The first-order valence-electron chi connectivity index (χ1n) is 6.34. The third kappa shape index (κ3) is 4.11. The van der Waals surface area contributed by atoms with Gasteiger partial charge in [-0.05, 0) is 43.9 Å². The van der Waals surface area contributed by atoms with E-state index in [4.69, 9.17) is 5.26 Å². The third-order valence-corrected chi connectivity index (χ3v) is 3.15. The molecule has 17 heavy (non-hydrogen) atoms. The van der Waals surface area contributed by atoms with Crippen molar-refractivity contribution in [3.63, 3.8) is 0 Å². The SMILES string of the molecule is CCC(C)CC(C)Nc1cc(C)ccc1C#N. The number of benzene rings is 1. The van der Waals surface area contributed by atoms with Crippen molar-refractivity contribution < 1.29 is 0 Å². The van der Waals surface area contributed by atoms with Crippen molar-refractivity contribution in [2.75, 3.05) is 5.32 Å². The van der Waals surface area contributed by atoms with Gasteiger partial charge < -0.3 is 5.32 Å². The second kappa shape index (κ2) is 6.30. The Morgan fingerprint density at radius 1 is 1.35 bits per heavy atom. The molecule has 1 aromatic carbocycles. The molecule has 0 saturated heterocycles. The monoisotopic (exact) mass is 230 g/mol. The Balaban J connectivity index is 2.74. The lowest BCUT2D eigenvalue weighted by atomic mass is 10.00. The van der Waals surface area contributed by atoms with Gasteiger partial charge in [-0.1, -0.05) is 26.3 Å². The molecule has 2 heteroatoms. The Kier molecular flexibility index (Phi) is 5.03. The first-order valence-corrected chi connectivity index (χ1v) is 6.34. The highest BCUT2D eigenvalue weighted by molar-refractivity contribution is 5.59. The van der Waals surface area contributed by atoms with Crippen LogP contribution in [0, 0.1) is 24.2 Å². The lowest BCUT2D eigenvalue weighted by Gasteiger charge is -2.19. The van der Waals surface area contributed by atoms with Gasteiger partial charge in [-0.15, -0.1) is 0 Å². The van der Waals surface area contributed by atoms with E-state index in [0.717, 1.165) is 17.7 Å². The van der Waals surface area contributed by atoms with Crippen LogP contribution in [-0.4, -0.2) is 6.04 Å². The maximum absolute atomic E-state index is 9.06. The van der Waals surface area contributed by atoms with Crippen molar-refractivity contribution in [2.45, 2.75) is 46.6 Å². The van der Waals surface area contributed by atoms with E-state index in [2.05, 4.69) is 32.2 Å². The smallest absolute Gasteiger partial charge is 0.101 e. The molecule has 0 aliphatic carbocycles. The Bertz CT molecular complexity index is 404. The van der Waals surface area contributed by atoms with Gasteiger partial charge in [0.05, 0.1) is 11.3 Å². The minimum atomic E-state index is 0.402. The molecule has 0 fully saturated rings. The Morgan fingerprint density at radius 2 is 2.06 bits per heavy atom. The van der Waals surface area contributed by atoms with Gasteiger partial charge in [0.2, 0.25) is 0 Å². The van der Waals surface area contributed by atoms with Crippen LogP contribution in [0.4, 0.5) is 5.69 Å². The summed E-state index contributed by atoms with van der Waals surface area (Å²) in [6, 6.07) is 8.54. The summed E-state index contributed by atoms with van der Waals surface area (Å²) in [7, 11) is 0. The topological polar surface area (TPSA) is 35.8 Å². The first kappa shape index (κ1) is 13.6. The summed E-state index contributed by atoms with van der Waals surface area (Å²) in [6.45, 7) is 8.70. The molecule has 1 aromatic rings. The molecule has 0 spiro atoms. The van der Waals surface area contributed by atoms with Crippen molar-refractivity contribution in [1.82, 2.24) is 0 Å². The normalized spacial score (nSPS) is 13.8. The van der Waals surface area contributed by atoms with Crippen molar-refractivity contribution in [2.24, 2.45) is 5.92 Å². The number of hydrogen-bond donors (Lipinski definition) is 1. The van der Waals surface area contributed by atoms with Gasteiger partial charge >= 0.3 is 0 Å². The molecule has 0 radical (unpaired) electrons. The highest BCUT2D eigenvalue weighted by atomic mass is 14.9. The second-order valence-corrected chi connectivity index (χ2v) is 4.96. The summed E-state index contributed by atoms with van der Waals surface area (Å²) in [5.41, 5.74) is 2.87. The number of anilines is 1. The molecule has 0 aliphatic rings. The first-order chi connectivity index (χ1) is 8.06. The van der Waals surface area contributed by atoms with Crippen molar-refractivity contribution in [3.8, 4) is 6.07 Å². The average Bonchev–Trinajstić information content (AvgIpc) is 2.29. The lowest BCUT2D eigenvalue weighted by Crippen LogP contribution is -2.18. The van der Waals surface area contributed by atoms with Gasteiger partial charge in [0.25, 0.3) is 0 Å². The number of nitrogens with one attached hydrogen (secondary N) is 1. The molecule has 1 N–H and O–H groups in total. The van der Waals surface area contributed by atoms with E-state index in [9.17, 15) is 0 Å². The van der Waals surface area contributed by atoms with Gasteiger partial charge in [-0.25, -0.2) is 0 Å². The van der Waals surface area contributed by atoms with Gasteiger partial charge in [-0.2, -0.15) is 5.26 Å². The van der Waals surface area contributed by atoms with Crippen LogP contribution in [-0.2, 0) is 0 Å². The summed E-state index contributed by atoms with van der Waals surface area (Å²) >= 11 is 0. The minimum Gasteiger partial charge on any atom is -0.382 e. The van der Waals surface area contributed by atoms with Crippen LogP contribution in [0.3, 0.4) is 0 Å². The van der Waals surface area contributed by atoms with E-state index in [1.54, 1.807) is 0 Å². The number of aryl methyl sites for hydroxylation is 1. The third-order valence-electron chi connectivity index (χ3n) is 3.15. The quantitative estimate of drug-likeness (QED) is 0.826. The predicted octanol–water partition coefficient (Wildman–Crippen LogP) is 4.10. The van der Waals surface area contributed by atoms with Crippen LogP contribution in [0.2, 0.25) is 0 Å². The Labute approximate surface area is 105 Å². The number of nitrogens with zero attached hydrogens (tertiary/aromatic N) is 1. The standard InChI is InChI=1S/C15H22N2/c1-5-11(2)8-13(4)17-15-9-12(3)6-7-14(15)10-16/h6-7,9,11,13,17H,5,8H2,1-4H3. The second-order valence-electron chi connectivity index (χ2n) is 4.96. The summed E-state index contributed by atoms with van der Waals surface area (Å²) in [5.74, 6) is 0.716. The van der Waals surface area contributed by atoms with E-state index in [0.29, 0.717) is 12.0 Å². The van der Waals surface area contributed by atoms with Crippen LogP contribution < -0.4 is 5.32 Å². The Morgan fingerprint density at radius 3 is 2.65 bits per heavy atom. The zero-order valence-corrected chi connectivity index (χ0v) is 11.2. The molecule has 1 rings (SSSR count). The van der Waals surface area contributed by atoms with Crippen molar-refractivity contribution in [3.05, 3.63) is 29.3 Å². The van der Waals surface area contributed by atoms with Crippen LogP contribution >= 0.6 is 0 Å². The van der Waals surface area contributed by atoms with Crippen LogP contribution in [0.15, 0.2) is 18.2 Å². The maximum Gasteiger partial charge on any atom is 0.101 e. The van der Waals surface area contributed by atoms with E-state index in [1.165, 1.54) is 12.0 Å². The lowest BCUT2D eigenvalue weighted by molar-refractivity contribution is 0.484. The molecule has 0 aromatic heterocycles. The van der Waals surface area contributed by atoms with Gasteiger partial charge in [-0.3, -0.25) is 0 Å². The van der Waals surface area contributed by atoms with Crippen LogP contribution in [0.5, 0.6) is 0 Å². The maximum atomic E-state index is 9.06. The summed E-state index contributed by atoms with van der Waals surface area (Å²) < 4.78 is 0. The molecule has 2 nitrogen and oxygen atoms in total. The van der Waals surface area contributed by atoms with Crippen molar-refractivity contribution >= 4 is 5.69 Å². The van der Waals surface area contributed by atoms with E-state index in [-0.39, 0.29) is 0 Å². The Hall–Kier alpha value is -1.49. The molecule has 0 bridgehead atoms. The molecular weight excluding hydrogens is 208 g/mol. The average molecular weight is 230 g/mol. The summed E-state index contributed by atoms with van der Waals surface area (Å²) in [4.78, 5) is 0. The van der Waals surface area contributed by atoms with Gasteiger partial charge in [0.1, 0.15) is 6.07 Å². The highest BCUT2D eigenvalue weighted by Crippen LogP contribution is 2.20. The molecule has 92 valence electrons. The minimum absolute atomic E-state index is 0.402. The zero-order chi connectivity index (χ0) is 12.8. The molecular formula is C15H22N2. The molecule has 0 heterocycles. The fraction of sp³-hybridized carbons (Fsp3) is 0.533. The van der Waals surface area contributed by atoms with E-state index >= 15 is 0 Å². The molecule has 2 unspecified atom stereocenters. The predicted molar refractivity (Wildman–Crippen MR) is 73.1 cm³/mol. The fourth-order valence-corrected chi connectivity index (χ4v) is 1.97. The molecule has 0 saturated carbocycles. The largest absolute Gasteiger partial charge is 0.382 e.